The van der Waals surface area contributed by atoms with Gasteiger partial charge in [0.15, 0.2) is 0 Å². The summed E-state index contributed by atoms with van der Waals surface area (Å²) in [4.78, 5) is 11.2. The SMILES string of the molecule is O=C(O)c1ccccc1N/N=C/c1c(O)ccc2ccccc12. The first-order valence-corrected chi connectivity index (χ1v) is 6.99. The fourth-order valence-corrected chi connectivity index (χ4v) is 2.35. The first-order chi connectivity index (χ1) is 11.2. The second-order valence-corrected chi connectivity index (χ2v) is 4.94. The van der Waals surface area contributed by atoms with Crippen LogP contribution in [0.1, 0.15) is 15.9 Å². The monoisotopic (exact) mass is 306 g/mol. The number of phenols is 1. The highest BCUT2D eigenvalue weighted by atomic mass is 16.4. The minimum Gasteiger partial charge on any atom is -0.507 e. The van der Waals surface area contributed by atoms with Gasteiger partial charge in [-0.2, -0.15) is 5.10 Å². The highest BCUT2D eigenvalue weighted by Crippen LogP contribution is 2.25. The number of anilines is 1. The van der Waals surface area contributed by atoms with E-state index in [0.717, 1.165) is 10.8 Å². The molecule has 114 valence electrons. The summed E-state index contributed by atoms with van der Waals surface area (Å²) in [6, 6.07) is 17.6. The molecule has 0 aliphatic rings. The predicted octanol–water partition coefficient (Wildman–Crippen LogP) is 3.69. The number of aromatic carboxylic acids is 1. The molecule has 0 aromatic heterocycles. The average Bonchev–Trinajstić information content (AvgIpc) is 2.57. The van der Waals surface area contributed by atoms with E-state index in [2.05, 4.69) is 10.5 Å². The summed E-state index contributed by atoms with van der Waals surface area (Å²) < 4.78 is 0. The lowest BCUT2D eigenvalue weighted by Gasteiger charge is -2.06. The number of carboxylic acid groups (broad SMARTS) is 1. The molecule has 0 saturated heterocycles. The van der Waals surface area contributed by atoms with E-state index < -0.39 is 5.97 Å². The van der Waals surface area contributed by atoms with Crippen LogP contribution in [0.3, 0.4) is 0 Å². The van der Waals surface area contributed by atoms with Gasteiger partial charge in [0.1, 0.15) is 5.75 Å². The van der Waals surface area contributed by atoms with Gasteiger partial charge in [0.25, 0.3) is 0 Å². The van der Waals surface area contributed by atoms with E-state index in [1.54, 1.807) is 24.3 Å². The maximum absolute atomic E-state index is 11.2. The van der Waals surface area contributed by atoms with E-state index in [1.807, 2.05) is 30.3 Å². The molecule has 0 unspecified atom stereocenters. The molecular weight excluding hydrogens is 292 g/mol. The molecule has 3 aromatic rings. The predicted molar refractivity (Wildman–Crippen MR) is 90.2 cm³/mol. The fourth-order valence-electron chi connectivity index (χ4n) is 2.35. The Morgan fingerprint density at radius 1 is 1.00 bits per heavy atom. The summed E-state index contributed by atoms with van der Waals surface area (Å²) in [7, 11) is 0. The lowest BCUT2D eigenvalue weighted by atomic mass is 10.0. The number of benzene rings is 3. The van der Waals surface area contributed by atoms with Crippen molar-refractivity contribution in [2.75, 3.05) is 5.43 Å². The topological polar surface area (TPSA) is 81.9 Å². The van der Waals surface area contributed by atoms with Gasteiger partial charge in [0.05, 0.1) is 17.5 Å². The van der Waals surface area contributed by atoms with Crippen LogP contribution >= 0.6 is 0 Å². The molecule has 0 saturated carbocycles. The number of nitrogens with one attached hydrogen (secondary N) is 1. The van der Waals surface area contributed by atoms with Crippen molar-refractivity contribution in [3.8, 4) is 5.75 Å². The number of carboxylic acids is 1. The number of hydrazone groups is 1. The van der Waals surface area contributed by atoms with E-state index in [-0.39, 0.29) is 11.3 Å². The Bertz CT molecular complexity index is 904. The molecule has 3 aromatic carbocycles. The second kappa shape index (κ2) is 6.19. The molecule has 5 nitrogen and oxygen atoms in total. The standard InChI is InChI=1S/C18H14N2O3/c21-17-10-9-12-5-1-2-6-13(12)15(17)11-19-20-16-8-4-3-7-14(16)18(22)23/h1-11,20-21H,(H,22,23)/b19-11+. The molecule has 0 radical (unpaired) electrons. The Kier molecular flexibility index (Phi) is 3.93. The van der Waals surface area contributed by atoms with Crippen LogP contribution in [-0.2, 0) is 0 Å². The van der Waals surface area contributed by atoms with Gasteiger partial charge in [-0.15, -0.1) is 0 Å². The summed E-state index contributed by atoms with van der Waals surface area (Å²) in [6.45, 7) is 0. The average molecular weight is 306 g/mol. The van der Waals surface area contributed by atoms with Crippen LogP contribution in [0, 0.1) is 0 Å². The molecule has 3 rings (SSSR count). The zero-order chi connectivity index (χ0) is 16.2. The quantitative estimate of drug-likeness (QED) is 0.507. The molecule has 23 heavy (non-hydrogen) atoms. The van der Waals surface area contributed by atoms with Crippen molar-refractivity contribution < 1.29 is 15.0 Å². The third-order valence-corrected chi connectivity index (χ3v) is 3.48. The van der Waals surface area contributed by atoms with Crippen LogP contribution < -0.4 is 5.43 Å². The van der Waals surface area contributed by atoms with Gasteiger partial charge in [-0.25, -0.2) is 4.79 Å². The zero-order valence-electron chi connectivity index (χ0n) is 12.1. The number of aromatic hydroxyl groups is 1. The normalized spacial score (nSPS) is 11.0. The highest BCUT2D eigenvalue weighted by Gasteiger charge is 2.08. The molecule has 0 spiro atoms. The van der Waals surface area contributed by atoms with Crippen LogP contribution in [0.2, 0.25) is 0 Å². The van der Waals surface area contributed by atoms with E-state index in [1.165, 1.54) is 12.3 Å². The molecule has 0 atom stereocenters. The molecule has 0 aliphatic carbocycles. The summed E-state index contributed by atoms with van der Waals surface area (Å²) >= 11 is 0. The Morgan fingerprint density at radius 3 is 2.57 bits per heavy atom. The third-order valence-electron chi connectivity index (χ3n) is 3.48. The lowest BCUT2D eigenvalue weighted by molar-refractivity contribution is 0.0698. The van der Waals surface area contributed by atoms with Gasteiger partial charge in [0.2, 0.25) is 0 Å². The van der Waals surface area contributed by atoms with Gasteiger partial charge in [-0.05, 0) is 29.0 Å². The summed E-state index contributed by atoms with van der Waals surface area (Å²) in [5.41, 5.74) is 3.80. The minimum atomic E-state index is -1.03. The van der Waals surface area contributed by atoms with Crippen molar-refractivity contribution in [1.82, 2.24) is 0 Å². The number of rotatable bonds is 4. The molecule has 0 fully saturated rings. The van der Waals surface area contributed by atoms with Crippen LogP contribution in [0.25, 0.3) is 10.8 Å². The van der Waals surface area contributed by atoms with Crippen LogP contribution in [-0.4, -0.2) is 22.4 Å². The lowest BCUT2D eigenvalue weighted by Crippen LogP contribution is -2.02. The summed E-state index contributed by atoms with van der Waals surface area (Å²) in [5.74, 6) is -0.919. The van der Waals surface area contributed by atoms with E-state index in [9.17, 15) is 9.90 Å². The number of carbonyl (C=O) groups is 1. The van der Waals surface area contributed by atoms with Crippen molar-refractivity contribution >= 4 is 28.6 Å². The van der Waals surface area contributed by atoms with E-state index in [4.69, 9.17) is 5.11 Å². The maximum atomic E-state index is 11.2. The van der Waals surface area contributed by atoms with Gasteiger partial charge in [-0.1, -0.05) is 42.5 Å². The Labute approximate surface area is 132 Å². The smallest absolute Gasteiger partial charge is 0.337 e. The van der Waals surface area contributed by atoms with Crippen LogP contribution in [0.15, 0.2) is 65.8 Å². The molecule has 0 amide bonds. The summed E-state index contributed by atoms with van der Waals surface area (Å²) in [6.07, 6.45) is 1.48. The molecule has 5 heteroatoms. The zero-order valence-corrected chi connectivity index (χ0v) is 12.1. The molecule has 0 bridgehead atoms. The molecular formula is C18H14N2O3. The van der Waals surface area contributed by atoms with Gasteiger partial charge >= 0.3 is 5.97 Å². The van der Waals surface area contributed by atoms with Crippen molar-refractivity contribution in [1.29, 1.82) is 0 Å². The van der Waals surface area contributed by atoms with Crippen LogP contribution in [0.4, 0.5) is 5.69 Å². The molecule has 0 aliphatic heterocycles. The second-order valence-electron chi connectivity index (χ2n) is 4.94. The van der Waals surface area contributed by atoms with Gasteiger partial charge in [0, 0.05) is 5.56 Å². The summed E-state index contributed by atoms with van der Waals surface area (Å²) in [5, 5.41) is 25.1. The largest absolute Gasteiger partial charge is 0.507 e. The Hall–Kier alpha value is -3.34. The number of nitrogens with zero attached hydrogens (tertiary/aromatic N) is 1. The number of para-hydroxylation sites is 1. The highest BCUT2D eigenvalue weighted by molar-refractivity contribution is 6.02. The van der Waals surface area contributed by atoms with Crippen LogP contribution in [0.5, 0.6) is 5.75 Å². The Morgan fingerprint density at radius 2 is 1.74 bits per heavy atom. The van der Waals surface area contributed by atoms with E-state index in [0.29, 0.717) is 11.3 Å². The Balaban J connectivity index is 1.93. The molecule has 3 N–H and O–H groups in total. The molecule has 0 heterocycles. The number of phenolic OH excluding ortho intramolecular Hbond substituents is 1. The van der Waals surface area contributed by atoms with E-state index >= 15 is 0 Å². The number of hydrogen-bond acceptors (Lipinski definition) is 4. The van der Waals surface area contributed by atoms with Crippen molar-refractivity contribution in [3.05, 3.63) is 71.8 Å². The minimum absolute atomic E-state index is 0.112. The van der Waals surface area contributed by atoms with Gasteiger partial charge < -0.3 is 10.2 Å². The van der Waals surface area contributed by atoms with Crippen molar-refractivity contribution in [2.45, 2.75) is 0 Å². The van der Waals surface area contributed by atoms with Gasteiger partial charge in [-0.3, -0.25) is 5.43 Å². The number of hydrogen-bond donors (Lipinski definition) is 3. The first-order valence-electron chi connectivity index (χ1n) is 6.99. The van der Waals surface area contributed by atoms with Crippen molar-refractivity contribution in [3.63, 3.8) is 0 Å². The number of fused-ring (bicyclic) bond motifs is 1. The third kappa shape index (κ3) is 2.98. The van der Waals surface area contributed by atoms with Crippen molar-refractivity contribution in [2.24, 2.45) is 5.10 Å². The maximum Gasteiger partial charge on any atom is 0.337 e. The first kappa shape index (κ1) is 14.6. The fraction of sp³-hybridized carbons (Fsp3) is 0.